The fourth-order valence-electron chi connectivity index (χ4n) is 3.08. The van der Waals surface area contributed by atoms with Gasteiger partial charge >= 0.3 is 0 Å². The Labute approximate surface area is 165 Å². The van der Waals surface area contributed by atoms with Gasteiger partial charge in [0.1, 0.15) is 11.5 Å². The number of phenols is 1. The first-order chi connectivity index (χ1) is 13.4. The summed E-state index contributed by atoms with van der Waals surface area (Å²) >= 11 is 0. The lowest BCUT2D eigenvalue weighted by atomic mass is 10.1. The average Bonchev–Trinajstić information content (AvgIpc) is 2.70. The molecule has 0 spiro atoms. The van der Waals surface area contributed by atoms with Gasteiger partial charge in [-0.05, 0) is 56.2 Å². The summed E-state index contributed by atoms with van der Waals surface area (Å²) in [5, 5.41) is 12.2. The minimum atomic E-state index is -3.50. The summed E-state index contributed by atoms with van der Waals surface area (Å²) in [5.74, 6) is 0.364. The Bertz CT molecular complexity index is 892. The van der Waals surface area contributed by atoms with Crippen molar-refractivity contribution in [1.82, 2.24) is 9.62 Å². The van der Waals surface area contributed by atoms with Crippen molar-refractivity contribution >= 4 is 15.9 Å². The van der Waals surface area contributed by atoms with Gasteiger partial charge in [-0.15, -0.1) is 0 Å². The van der Waals surface area contributed by atoms with E-state index >= 15 is 0 Å². The molecule has 8 heteroatoms. The SMILES string of the molecule is CC(Oc1ccc(O)cc1)C(=O)NC1CCN(S(=O)(=O)c2ccccc2)CC1. The first-order valence-electron chi connectivity index (χ1n) is 9.17. The Morgan fingerprint density at radius 2 is 1.71 bits per heavy atom. The summed E-state index contributed by atoms with van der Waals surface area (Å²) in [4.78, 5) is 12.7. The van der Waals surface area contributed by atoms with Crippen molar-refractivity contribution in [3.05, 3.63) is 54.6 Å². The molecule has 1 atom stereocenters. The summed E-state index contributed by atoms with van der Waals surface area (Å²) in [6.07, 6.45) is 0.392. The predicted octanol–water partition coefficient (Wildman–Crippen LogP) is 2.13. The third-order valence-electron chi connectivity index (χ3n) is 4.70. The highest BCUT2D eigenvalue weighted by molar-refractivity contribution is 7.89. The molecule has 1 unspecified atom stereocenters. The molecule has 1 aliphatic heterocycles. The van der Waals surface area contributed by atoms with Crippen LogP contribution in [-0.4, -0.2) is 49.0 Å². The van der Waals surface area contributed by atoms with E-state index in [9.17, 15) is 18.3 Å². The van der Waals surface area contributed by atoms with Gasteiger partial charge in [0.2, 0.25) is 10.0 Å². The number of aromatic hydroxyl groups is 1. The van der Waals surface area contributed by atoms with Crippen LogP contribution in [0.25, 0.3) is 0 Å². The van der Waals surface area contributed by atoms with Crippen LogP contribution in [-0.2, 0) is 14.8 Å². The number of carbonyl (C=O) groups is 1. The molecule has 2 aromatic rings. The third kappa shape index (κ3) is 4.82. The van der Waals surface area contributed by atoms with E-state index in [1.54, 1.807) is 49.4 Å². The normalized spacial score (nSPS) is 17.0. The second-order valence-electron chi connectivity index (χ2n) is 6.75. The number of carbonyl (C=O) groups excluding carboxylic acids is 1. The van der Waals surface area contributed by atoms with Crippen molar-refractivity contribution in [1.29, 1.82) is 0 Å². The fraction of sp³-hybridized carbons (Fsp3) is 0.350. The first kappa shape index (κ1) is 20.2. The Morgan fingerprint density at radius 1 is 1.11 bits per heavy atom. The topological polar surface area (TPSA) is 95.9 Å². The summed E-state index contributed by atoms with van der Waals surface area (Å²) in [6.45, 7) is 2.36. The van der Waals surface area contributed by atoms with Crippen LogP contribution in [0.2, 0.25) is 0 Å². The number of ether oxygens (including phenoxy) is 1. The van der Waals surface area contributed by atoms with Crippen molar-refractivity contribution < 1.29 is 23.1 Å². The third-order valence-corrected chi connectivity index (χ3v) is 6.61. The maximum atomic E-state index is 12.7. The van der Waals surface area contributed by atoms with Crippen molar-refractivity contribution in [2.75, 3.05) is 13.1 Å². The van der Waals surface area contributed by atoms with E-state index in [1.165, 1.54) is 16.4 Å². The molecule has 0 aliphatic carbocycles. The van der Waals surface area contributed by atoms with Crippen LogP contribution >= 0.6 is 0 Å². The highest BCUT2D eigenvalue weighted by Gasteiger charge is 2.30. The number of benzene rings is 2. The van der Waals surface area contributed by atoms with Gasteiger partial charge in [0.25, 0.3) is 5.91 Å². The molecule has 0 aromatic heterocycles. The molecule has 28 heavy (non-hydrogen) atoms. The van der Waals surface area contributed by atoms with E-state index in [4.69, 9.17) is 4.74 Å². The Hall–Kier alpha value is -2.58. The molecule has 1 amide bonds. The van der Waals surface area contributed by atoms with Crippen LogP contribution in [0.4, 0.5) is 0 Å². The van der Waals surface area contributed by atoms with Crippen molar-refractivity contribution in [2.24, 2.45) is 0 Å². The van der Waals surface area contributed by atoms with Crippen molar-refractivity contribution in [3.8, 4) is 11.5 Å². The molecule has 1 heterocycles. The predicted molar refractivity (Wildman–Crippen MR) is 105 cm³/mol. The highest BCUT2D eigenvalue weighted by Crippen LogP contribution is 2.21. The molecule has 2 aromatic carbocycles. The summed E-state index contributed by atoms with van der Waals surface area (Å²) in [6, 6.07) is 14.4. The number of phenolic OH excluding ortho intramolecular Hbond substituents is 1. The minimum Gasteiger partial charge on any atom is -0.508 e. The molecule has 1 aliphatic rings. The maximum absolute atomic E-state index is 12.7. The fourth-order valence-corrected chi connectivity index (χ4v) is 4.57. The van der Waals surface area contributed by atoms with Gasteiger partial charge in [-0.1, -0.05) is 18.2 Å². The van der Waals surface area contributed by atoms with Gasteiger partial charge in [-0.25, -0.2) is 8.42 Å². The van der Waals surface area contributed by atoms with Gasteiger partial charge < -0.3 is 15.2 Å². The van der Waals surface area contributed by atoms with Crippen molar-refractivity contribution in [3.63, 3.8) is 0 Å². The number of nitrogens with one attached hydrogen (secondary N) is 1. The molecule has 1 fully saturated rings. The van der Waals surface area contributed by atoms with Gasteiger partial charge in [0, 0.05) is 19.1 Å². The Morgan fingerprint density at radius 3 is 2.32 bits per heavy atom. The van der Waals surface area contributed by atoms with E-state index in [1.807, 2.05) is 0 Å². The monoisotopic (exact) mass is 404 g/mol. The summed E-state index contributed by atoms with van der Waals surface area (Å²) in [5.41, 5.74) is 0. The van der Waals surface area contributed by atoms with Crippen LogP contribution < -0.4 is 10.1 Å². The second kappa shape index (κ2) is 8.62. The minimum absolute atomic E-state index is 0.0967. The molecular formula is C20H24N2O5S. The second-order valence-corrected chi connectivity index (χ2v) is 8.69. The van der Waals surface area contributed by atoms with Crippen LogP contribution in [0.5, 0.6) is 11.5 Å². The Kier molecular flexibility index (Phi) is 6.21. The molecule has 3 rings (SSSR count). The lowest BCUT2D eigenvalue weighted by Gasteiger charge is -2.32. The molecule has 0 bridgehead atoms. The quantitative estimate of drug-likeness (QED) is 0.769. The first-order valence-corrected chi connectivity index (χ1v) is 10.6. The lowest BCUT2D eigenvalue weighted by molar-refractivity contribution is -0.128. The number of hydrogen-bond donors (Lipinski definition) is 2. The zero-order valence-corrected chi connectivity index (χ0v) is 16.4. The zero-order valence-electron chi connectivity index (χ0n) is 15.6. The van der Waals surface area contributed by atoms with E-state index in [2.05, 4.69) is 5.32 Å². The zero-order chi connectivity index (χ0) is 20.1. The molecule has 7 nitrogen and oxygen atoms in total. The van der Waals surface area contributed by atoms with Crippen LogP contribution in [0.1, 0.15) is 19.8 Å². The lowest BCUT2D eigenvalue weighted by Crippen LogP contribution is -2.49. The van der Waals surface area contributed by atoms with E-state index in [0.717, 1.165) is 0 Å². The number of hydrogen-bond acceptors (Lipinski definition) is 5. The van der Waals surface area contributed by atoms with Crippen molar-refractivity contribution in [2.45, 2.75) is 36.8 Å². The molecule has 150 valence electrons. The number of amides is 1. The average molecular weight is 404 g/mol. The standard InChI is InChI=1S/C20H24N2O5S/c1-15(27-18-9-7-17(23)8-10-18)20(24)21-16-11-13-22(14-12-16)28(25,26)19-5-3-2-4-6-19/h2-10,15-16,23H,11-14H2,1H3,(H,21,24). The number of piperidine rings is 1. The maximum Gasteiger partial charge on any atom is 0.260 e. The van der Waals surface area contributed by atoms with Crippen LogP contribution in [0.3, 0.4) is 0 Å². The number of sulfonamides is 1. The molecule has 0 radical (unpaired) electrons. The largest absolute Gasteiger partial charge is 0.508 e. The molecule has 0 saturated carbocycles. The van der Waals surface area contributed by atoms with Gasteiger partial charge in [-0.3, -0.25) is 4.79 Å². The number of nitrogens with zero attached hydrogens (tertiary/aromatic N) is 1. The summed E-state index contributed by atoms with van der Waals surface area (Å²) < 4.78 is 32.3. The van der Waals surface area contributed by atoms with Gasteiger partial charge in [0.05, 0.1) is 4.90 Å². The van der Waals surface area contributed by atoms with Crippen LogP contribution in [0, 0.1) is 0 Å². The molecule has 1 saturated heterocycles. The number of rotatable bonds is 6. The molecule has 2 N–H and O–H groups in total. The van der Waals surface area contributed by atoms with Gasteiger partial charge in [-0.2, -0.15) is 4.31 Å². The van der Waals surface area contributed by atoms with E-state index in [-0.39, 0.29) is 22.6 Å². The van der Waals surface area contributed by atoms with E-state index in [0.29, 0.717) is 31.7 Å². The molecular weight excluding hydrogens is 380 g/mol. The van der Waals surface area contributed by atoms with Crippen LogP contribution in [0.15, 0.2) is 59.5 Å². The summed E-state index contributed by atoms with van der Waals surface area (Å²) in [7, 11) is -3.50. The van der Waals surface area contributed by atoms with E-state index < -0.39 is 16.1 Å². The highest BCUT2D eigenvalue weighted by atomic mass is 32.2. The Balaban J connectivity index is 1.51. The van der Waals surface area contributed by atoms with Gasteiger partial charge in [0.15, 0.2) is 6.10 Å². The smallest absolute Gasteiger partial charge is 0.260 e.